The van der Waals surface area contributed by atoms with Gasteiger partial charge >= 0.3 is 0 Å². The Labute approximate surface area is 115 Å². The fraction of sp³-hybridized carbons (Fsp3) is 0.0667. The number of nitrogens with zero attached hydrogens (tertiary/aromatic N) is 4. The van der Waals surface area contributed by atoms with Crippen LogP contribution in [0.25, 0.3) is 27.1 Å². The molecule has 1 aromatic carbocycles. The second kappa shape index (κ2) is 4.59. The molecule has 0 spiro atoms. The molecule has 0 saturated carbocycles. The van der Waals surface area contributed by atoms with Crippen molar-refractivity contribution < 1.29 is 4.79 Å². The number of imidazole rings is 1. The maximum absolute atomic E-state index is 11.3. The van der Waals surface area contributed by atoms with Gasteiger partial charge in [0.2, 0.25) is 0 Å². The fourth-order valence-corrected chi connectivity index (χ4v) is 2.15. The van der Waals surface area contributed by atoms with Crippen molar-refractivity contribution in [2.45, 2.75) is 0 Å². The van der Waals surface area contributed by atoms with Gasteiger partial charge < -0.3 is 4.57 Å². The topological polar surface area (TPSA) is 52.1 Å². The molecule has 2 aromatic heterocycles. The first kappa shape index (κ1) is 12.1. The van der Waals surface area contributed by atoms with Gasteiger partial charge in [0.05, 0.1) is 36.0 Å². The lowest BCUT2D eigenvalue weighted by Crippen LogP contribution is -1.95. The maximum atomic E-state index is 11.3. The lowest BCUT2D eigenvalue weighted by molar-refractivity contribution is 0.112. The third-order valence-electron chi connectivity index (χ3n) is 3.16. The second-order valence-corrected chi connectivity index (χ2v) is 4.42. The van der Waals surface area contributed by atoms with E-state index >= 15 is 0 Å². The van der Waals surface area contributed by atoms with Gasteiger partial charge in [-0.1, -0.05) is 12.1 Å². The van der Waals surface area contributed by atoms with Crippen LogP contribution in [0.5, 0.6) is 0 Å². The van der Waals surface area contributed by atoms with Gasteiger partial charge in [0.1, 0.15) is 0 Å². The highest BCUT2D eigenvalue weighted by Gasteiger charge is 2.10. The van der Waals surface area contributed by atoms with E-state index in [0.717, 1.165) is 17.4 Å². The molecule has 0 bridgehead atoms. The third kappa shape index (κ3) is 1.84. The van der Waals surface area contributed by atoms with Gasteiger partial charge in [0.15, 0.2) is 12.0 Å². The van der Waals surface area contributed by atoms with Crippen molar-refractivity contribution in [3.8, 4) is 11.4 Å². The normalized spacial score (nSPS) is 10.4. The van der Waals surface area contributed by atoms with Crippen LogP contribution < -0.4 is 0 Å². The molecule has 0 N–H and O–H groups in total. The maximum Gasteiger partial charge on any atom is 0.189 e. The number of rotatable bonds is 2. The smallest absolute Gasteiger partial charge is 0.189 e. The first-order chi connectivity index (χ1) is 9.72. The Kier molecular flexibility index (Phi) is 2.77. The zero-order chi connectivity index (χ0) is 14.1. The summed E-state index contributed by atoms with van der Waals surface area (Å²) in [5, 5.41) is 0.748. The molecule has 0 aliphatic carbocycles. The minimum atomic E-state index is 0.504. The van der Waals surface area contributed by atoms with Crippen molar-refractivity contribution in [2.24, 2.45) is 7.05 Å². The summed E-state index contributed by atoms with van der Waals surface area (Å²) in [6.45, 7) is 7.06. The number of fused-ring (bicyclic) bond motifs is 1. The van der Waals surface area contributed by atoms with Crippen LogP contribution in [0.4, 0.5) is 5.69 Å². The minimum absolute atomic E-state index is 0.504. The number of aldehydes is 1. The van der Waals surface area contributed by atoms with E-state index in [1.165, 1.54) is 0 Å². The first-order valence-corrected chi connectivity index (χ1v) is 5.97. The van der Waals surface area contributed by atoms with E-state index in [-0.39, 0.29) is 0 Å². The number of carbonyl (C=O) groups excluding carboxylic acids is 1. The lowest BCUT2D eigenvalue weighted by Gasteiger charge is -2.06. The molecule has 5 heteroatoms. The predicted octanol–water partition coefficient (Wildman–Crippen LogP) is 3.00. The zero-order valence-electron chi connectivity index (χ0n) is 10.7. The van der Waals surface area contributed by atoms with Crippen molar-refractivity contribution in [1.82, 2.24) is 14.5 Å². The lowest BCUT2D eigenvalue weighted by atomic mass is 10.1. The molecule has 0 aliphatic heterocycles. The summed E-state index contributed by atoms with van der Waals surface area (Å²) >= 11 is 0. The van der Waals surface area contributed by atoms with E-state index in [1.807, 2.05) is 11.6 Å². The standard InChI is InChI=1S/C15H10N4O/c1-16-11-3-4-12-10(8-20)5-14(18-13(12)6-11)15-7-17-9-19(15)2/h3-9H,2H3. The molecular formula is C15H10N4O. The van der Waals surface area contributed by atoms with Crippen molar-refractivity contribution in [1.29, 1.82) is 0 Å². The van der Waals surface area contributed by atoms with E-state index in [0.29, 0.717) is 22.5 Å². The molecule has 96 valence electrons. The van der Waals surface area contributed by atoms with Gasteiger partial charge in [0, 0.05) is 18.0 Å². The Bertz CT molecular complexity index is 858. The summed E-state index contributed by atoms with van der Waals surface area (Å²) in [5.41, 5.74) is 3.19. The van der Waals surface area contributed by atoms with E-state index in [1.54, 1.807) is 36.8 Å². The Balaban J connectivity index is 2.33. The molecular weight excluding hydrogens is 252 g/mol. The van der Waals surface area contributed by atoms with Gasteiger partial charge in [-0.05, 0) is 12.1 Å². The summed E-state index contributed by atoms with van der Waals surface area (Å²) in [4.78, 5) is 23.2. The van der Waals surface area contributed by atoms with Crippen LogP contribution in [-0.2, 0) is 7.05 Å². The summed E-state index contributed by atoms with van der Waals surface area (Å²) in [5.74, 6) is 0. The average molecular weight is 262 g/mol. The number of hydrogen-bond donors (Lipinski definition) is 0. The minimum Gasteiger partial charge on any atom is -0.332 e. The Hall–Kier alpha value is -3.00. The van der Waals surface area contributed by atoms with Crippen molar-refractivity contribution in [3.05, 3.63) is 53.8 Å². The molecule has 3 rings (SSSR count). The van der Waals surface area contributed by atoms with Gasteiger partial charge in [-0.2, -0.15) is 0 Å². The number of hydrogen-bond acceptors (Lipinski definition) is 3. The molecule has 0 radical (unpaired) electrons. The number of pyridine rings is 1. The first-order valence-electron chi connectivity index (χ1n) is 5.97. The molecule has 0 unspecified atom stereocenters. The highest BCUT2D eigenvalue weighted by Crippen LogP contribution is 2.26. The summed E-state index contributed by atoms with van der Waals surface area (Å²) in [6, 6.07) is 6.87. The molecule has 0 amide bonds. The van der Waals surface area contributed by atoms with E-state index in [9.17, 15) is 4.79 Å². The van der Waals surface area contributed by atoms with Gasteiger partial charge in [-0.25, -0.2) is 14.8 Å². The van der Waals surface area contributed by atoms with Crippen LogP contribution in [0.15, 0.2) is 36.8 Å². The molecule has 0 saturated heterocycles. The van der Waals surface area contributed by atoms with Crippen LogP contribution in [0.1, 0.15) is 10.4 Å². The molecule has 5 nitrogen and oxygen atoms in total. The van der Waals surface area contributed by atoms with E-state index < -0.39 is 0 Å². The second-order valence-electron chi connectivity index (χ2n) is 4.42. The average Bonchev–Trinajstić information content (AvgIpc) is 2.91. The molecule has 0 atom stereocenters. The third-order valence-corrected chi connectivity index (χ3v) is 3.16. The quantitative estimate of drug-likeness (QED) is 0.527. The number of benzene rings is 1. The molecule has 0 fully saturated rings. The number of aryl methyl sites for hydroxylation is 1. The summed E-state index contributed by atoms with van der Waals surface area (Å²) in [6.07, 6.45) is 4.18. The SMILES string of the molecule is [C-]#[N+]c1ccc2c(C=O)cc(-c3cncn3C)nc2c1. The van der Waals surface area contributed by atoms with Crippen LogP contribution in [0.2, 0.25) is 0 Å². The highest BCUT2D eigenvalue weighted by atomic mass is 16.1. The van der Waals surface area contributed by atoms with Gasteiger partial charge in [0.25, 0.3) is 0 Å². The van der Waals surface area contributed by atoms with Crippen LogP contribution in [0, 0.1) is 6.57 Å². The Morgan fingerprint density at radius 2 is 2.20 bits per heavy atom. The van der Waals surface area contributed by atoms with Crippen LogP contribution in [0.3, 0.4) is 0 Å². The van der Waals surface area contributed by atoms with Crippen molar-refractivity contribution >= 4 is 22.9 Å². The van der Waals surface area contributed by atoms with Crippen molar-refractivity contribution in [3.63, 3.8) is 0 Å². The Morgan fingerprint density at radius 1 is 1.35 bits per heavy atom. The monoisotopic (exact) mass is 262 g/mol. The van der Waals surface area contributed by atoms with Crippen LogP contribution >= 0.6 is 0 Å². The highest BCUT2D eigenvalue weighted by molar-refractivity contribution is 5.99. The predicted molar refractivity (Wildman–Crippen MR) is 75.6 cm³/mol. The number of carbonyl (C=O) groups is 1. The van der Waals surface area contributed by atoms with E-state index in [2.05, 4.69) is 14.8 Å². The Morgan fingerprint density at radius 3 is 2.85 bits per heavy atom. The molecule has 3 aromatic rings. The summed E-state index contributed by atoms with van der Waals surface area (Å²) in [7, 11) is 1.87. The van der Waals surface area contributed by atoms with Gasteiger partial charge in [-0.3, -0.25) is 4.79 Å². The zero-order valence-corrected chi connectivity index (χ0v) is 10.7. The largest absolute Gasteiger partial charge is 0.332 e. The fourth-order valence-electron chi connectivity index (χ4n) is 2.15. The van der Waals surface area contributed by atoms with Crippen LogP contribution in [-0.4, -0.2) is 20.8 Å². The number of aromatic nitrogens is 3. The molecule has 0 aliphatic rings. The van der Waals surface area contributed by atoms with Crippen molar-refractivity contribution in [2.75, 3.05) is 0 Å². The van der Waals surface area contributed by atoms with E-state index in [4.69, 9.17) is 6.57 Å². The van der Waals surface area contributed by atoms with Gasteiger partial charge in [-0.15, -0.1) is 0 Å². The summed E-state index contributed by atoms with van der Waals surface area (Å²) < 4.78 is 1.83. The molecule has 20 heavy (non-hydrogen) atoms. The molecule has 2 heterocycles.